The van der Waals surface area contributed by atoms with Crippen LogP contribution in [0.2, 0.25) is 0 Å². The molecule has 1 amide bonds. The molecule has 1 aromatic carbocycles. The van der Waals surface area contributed by atoms with Crippen molar-refractivity contribution >= 4 is 34.3 Å². The van der Waals surface area contributed by atoms with Crippen LogP contribution in [0.1, 0.15) is 32.1 Å². The van der Waals surface area contributed by atoms with Crippen molar-refractivity contribution in [1.82, 2.24) is 4.98 Å². The number of anilines is 2. The Bertz CT molecular complexity index is 754. The number of amides is 1. The Kier molecular flexibility index (Phi) is 4.93. The average Bonchev–Trinajstić information content (AvgIpc) is 2.60. The first kappa shape index (κ1) is 16.2. The van der Waals surface area contributed by atoms with E-state index in [1.165, 1.54) is 19.3 Å². The highest BCUT2D eigenvalue weighted by Gasteiger charge is 2.12. The molecule has 1 aliphatic rings. The first-order valence-corrected chi connectivity index (χ1v) is 8.29. The van der Waals surface area contributed by atoms with Crippen LogP contribution in [0.5, 0.6) is 0 Å². The number of rotatable bonds is 5. The fourth-order valence-corrected chi connectivity index (χ4v) is 2.94. The van der Waals surface area contributed by atoms with Gasteiger partial charge in [0.1, 0.15) is 5.82 Å². The van der Waals surface area contributed by atoms with Crippen molar-refractivity contribution in [2.45, 2.75) is 32.1 Å². The lowest BCUT2D eigenvalue weighted by molar-refractivity contribution is -0.138. The lowest BCUT2D eigenvalue weighted by atomic mass is 10.1. The molecular formula is C18H21N3O3. The van der Waals surface area contributed by atoms with Crippen molar-refractivity contribution in [2.24, 2.45) is 0 Å². The molecule has 126 valence electrons. The van der Waals surface area contributed by atoms with E-state index in [4.69, 9.17) is 10.1 Å². The summed E-state index contributed by atoms with van der Waals surface area (Å²) in [4.78, 5) is 29.2. The van der Waals surface area contributed by atoms with Crippen LogP contribution in [0.15, 0.2) is 30.3 Å². The zero-order valence-corrected chi connectivity index (χ0v) is 13.5. The summed E-state index contributed by atoms with van der Waals surface area (Å²) in [5, 5.41) is 12.3. The largest absolute Gasteiger partial charge is 0.481 e. The van der Waals surface area contributed by atoms with E-state index >= 15 is 0 Å². The van der Waals surface area contributed by atoms with E-state index < -0.39 is 5.97 Å². The number of carboxylic acids is 1. The van der Waals surface area contributed by atoms with E-state index in [1.807, 2.05) is 24.3 Å². The summed E-state index contributed by atoms with van der Waals surface area (Å²) in [6.45, 7) is 2.10. The van der Waals surface area contributed by atoms with E-state index in [-0.39, 0.29) is 18.7 Å². The predicted molar refractivity (Wildman–Crippen MR) is 93.3 cm³/mol. The zero-order valence-electron chi connectivity index (χ0n) is 13.5. The van der Waals surface area contributed by atoms with Gasteiger partial charge in [-0.1, -0.05) is 0 Å². The highest BCUT2D eigenvalue weighted by Crippen LogP contribution is 2.23. The first-order chi connectivity index (χ1) is 11.6. The van der Waals surface area contributed by atoms with Crippen LogP contribution in [-0.4, -0.2) is 35.1 Å². The molecule has 6 nitrogen and oxygen atoms in total. The summed E-state index contributed by atoms with van der Waals surface area (Å²) >= 11 is 0. The number of pyridine rings is 1. The Morgan fingerprint density at radius 2 is 1.88 bits per heavy atom. The number of nitrogens with zero attached hydrogens (tertiary/aromatic N) is 2. The van der Waals surface area contributed by atoms with E-state index in [0.717, 1.165) is 29.8 Å². The van der Waals surface area contributed by atoms with Crippen molar-refractivity contribution in [3.05, 3.63) is 30.3 Å². The van der Waals surface area contributed by atoms with Crippen molar-refractivity contribution < 1.29 is 14.7 Å². The first-order valence-electron chi connectivity index (χ1n) is 8.29. The second-order valence-electron chi connectivity index (χ2n) is 6.07. The highest BCUT2D eigenvalue weighted by molar-refractivity contribution is 5.95. The Labute approximate surface area is 140 Å². The minimum atomic E-state index is -0.974. The topological polar surface area (TPSA) is 82.5 Å². The molecule has 1 saturated heterocycles. The Morgan fingerprint density at radius 3 is 2.62 bits per heavy atom. The Hall–Kier alpha value is -2.63. The summed E-state index contributed by atoms with van der Waals surface area (Å²) < 4.78 is 0. The molecule has 0 spiro atoms. The van der Waals surface area contributed by atoms with E-state index in [0.29, 0.717) is 5.69 Å². The number of fused-ring (bicyclic) bond motifs is 1. The second kappa shape index (κ2) is 7.29. The molecule has 0 saturated carbocycles. The molecule has 2 heterocycles. The van der Waals surface area contributed by atoms with Crippen LogP contribution in [0.25, 0.3) is 10.9 Å². The molecular weight excluding hydrogens is 306 g/mol. The monoisotopic (exact) mass is 327 g/mol. The third-order valence-electron chi connectivity index (χ3n) is 4.20. The molecule has 0 radical (unpaired) electrons. The Morgan fingerprint density at radius 1 is 1.08 bits per heavy atom. The van der Waals surface area contributed by atoms with Gasteiger partial charge in [-0.15, -0.1) is 0 Å². The fraction of sp³-hybridized carbons (Fsp3) is 0.389. The second-order valence-corrected chi connectivity index (χ2v) is 6.07. The lowest BCUT2D eigenvalue weighted by Gasteiger charge is -2.27. The highest BCUT2D eigenvalue weighted by atomic mass is 16.4. The summed E-state index contributed by atoms with van der Waals surface area (Å²) in [6, 6.07) is 9.58. The number of carbonyl (C=O) groups is 2. The summed E-state index contributed by atoms with van der Waals surface area (Å²) in [5.74, 6) is -0.270. The quantitative estimate of drug-likeness (QED) is 0.882. The van der Waals surface area contributed by atoms with Crippen molar-refractivity contribution in [3.63, 3.8) is 0 Å². The minimum absolute atomic E-state index is 0.0283. The summed E-state index contributed by atoms with van der Waals surface area (Å²) in [7, 11) is 0. The molecule has 1 aliphatic heterocycles. The number of carboxylic acid groups (broad SMARTS) is 1. The van der Waals surface area contributed by atoms with Gasteiger partial charge in [-0.2, -0.15) is 0 Å². The standard InChI is InChI=1S/C18H21N3O3/c22-17(8-9-18(23)24)19-14-5-6-15-13(12-14)4-7-16(20-15)21-10-2-1-3-11-21/h4-7,12H,1-3,8-11H2,(H,19,22)(H,23,24). The Balaban J connectivity index is 1.72. The molecule has 1 fully saturated rings. The summed E-state index contributed by atoms with van der Waals surface area (Å²) in [6.07, 6.45) is 3.51. The third-order valence-corrected chi connectivity index (χ3v) is 4.20. The molecule has 0 bridgehead atoms. The van der Waals surface area contributed by atoms with E-state index in [9.17, 15) is 9.59 Å². The van der Waals surface area contributed by atoms with Gasteiger partial charge < -0.3 is 15.3 Å². The van der Waals surface area contributed by atoms with E-state index in [2.05, 4.69) is 10.2 Å². The molecule has 1 aromatic heterocycles. The van der Waals surface area contributed by atoms with Crippen molar-refractivity contribution in [2.75, 3.05) is 23.3 Å². The number of hydrogen-bond donors (Lipinski definition) is 2. The maximum absolute atomic E-state index is 11.7. The summed E-state index contributed by atoms with van der Waals surface area (Å²) in [5.41, 5.74) is 1.55. The van der Waals surface area contributed by atoms with Gasteiger partial charge in [-0.25, -0.2) is 4.98 Å². The van der Waals surface area contributed by atoms with Crippen LogP contribution in [0.4, 0.5) is 11.5 Å². The molecule has 0 aliphatic carbocycles. The van der Waals surface area contributed by atoms with Gasteiger partial charge >= 0.3 is 5.97 Å². The van der Waals surface area contributed by atoms with Gasteiger partial charge in [-0.3, -0.25) is 9.59 Å². The van der Waals surface area contributed by atoms with Crippen LogP contribution in [-0.2, 0) is 9.59 Å². The SMILES string of the molecule is O=C(O)CCC(=O)Nc1ccc2nc(N3CCCCC3)ccc2c1. The number of aliphatic carboxylic acids is 1. The molecule has 3 rings (SSSR count). The number of nitrogens with one attached hydrogen (secondary N) is 1. The van der Waals surface area contributed by atoms with Gasteiger partial charge in [0.2, 0.25) is 5.91 Å². The van der Waals surface area contributed by atoms with Gasteiger partial charge in [0.15, 0.2) is 0 Å². The van der Waals surface area contributed by atoms with Crippen LogP contribution < -0.4 is 10.2 Å². The number of benzene rings is 1. The van der Waals surface area contributed by atoms with Crippen LogP contribution in [0.3, 0.4) is 0 Å². The van der Waals surface area contributed by atoms with Crippen LogP contribution >= 0.6 is 0 Å². The maximum atomic E-state index is 11.7. The van der Waals surface area contributed by atoms with Gasteiger partial charge in [0.05, 0.1) is 11.9 Å². The third kappa shape index (κ3) is 4.01. The van der Waals surface area contributed by atoms with Gasteiger partial charge in [0.25, 0.3) is 0 Å². The number of piperidine rings is 1. The number of hydrogen-bond acceptors (Lipinski definition) is 4. The van der Waals surface area contributed by atoms with Gasteiger partial charge in [-0.05, 0) is 49.6 Å². The number of carbonyl (C=O) groups excluding carboxylic acids is 1. The van der Waals surface area contributed by atoms with Crippen molar-refractivity contribution in [3.8, 4) is 0 Å². The maximum Gasteiger partial charge on any atom is 0.303 e. The molecule has 0 unspecified atom stereocenters. The zero-order chi connectivity index (χ0) is 16.9. The fourth-order valence-electron chi connectivity index (χ4n) is 2.94. The smallest absolute Gasteiger partial charge is 0.303 e. The lowest BCUT2D eigenvalue weighted by Crippen LogP contribution is -2.30. The van der Waals surface area contributed by atoms with E-state index in [1.54, 1.807) is 6.07 Å². The average molecular weight is 327 g/mol. The molecule has 0 atom stereocenters. The number of aromatic nitrogens is 1. The molecule has 2 aromatic rings. The molecule has 2 N–H and O–H groups in total. The van der Waals surface area contributed by atoms with Gasteiger partial charge in [0, 0.05) is 30.6 Å². The van der Waals surface area contributed by atoms with Crippen LogP contribution in [0, 0.1) is 0 Å². The normalized spacial score (nSPS) is 14.6. The minimum Gasteiger partial charge on any atom is -0.481 e. The predicted octanol–water partition coefficient (Wildman–Crippen LogP) is 3.03. The van der Waals surface area contributed by atoms with Crippen molar-refractivity contribution in [1.29, 1.82) is 0 Å². The molecule has 6 heteroatoms. The molecule has 24 heavy (non-hydrogen) atoms.